The first-order valence-corrected chi connectivity index (χ1v) is 19.1. The molecule has 0 amide bonds. The van der Waals surface area contributed by atoms with E-state index in [1.807, 2.05) is 91.0 Å². The fourth-order valence-corrected chi connectivity index (χ4v) is 7.94. The highest BCUT2D eigenvalue weighted by Crippen LogP contribution is 2.40. The maximum Gasteiger partial charge on any atom is 0.164 e. The van der Waals surface area contributed by atoms with E-state index in [9.17, 15) is 5.26 Å². The normalized spacial score (nSPS) is 11.4. The van der Waals surface area contributed by atoms with Crippen molar-refractivity contribution in [3.05, 3.63) is 188 Å². The van der Waals surface area contributed by atoms with E-state index in [0.29, 0.717) is 23.0 Å². The molecule has 0 aliphatic rings. The molecule has 0 saturated carbocycles. The predicted molar refractivity (Wildman–Crippen MR) is 232 cm³/mol. The molecule has 6 nitrogen and oxygen atoms in total. The summed E-state index contributed by atoms with van der Waals surface area (Å²) < 4.78 is 12.8. The zero-order chi connectivity index (χ0) is 38.6. The number of furan rings is 2. The van der Waals surface area contributed by atoms with Crippen LogP contribution in [-0.2, 0) is 0 Å². The molecule has 58 heavy (non-hydrogen) atoms. The molecule has 11 aromatic rings. The highest BCUT2D eigenvalue weighted by atomic mass is 16.3. The number of hydrogen-bond donors (Lipinski definition) is 0. The van der Waals surface area contributed by atoms with Crippen LogP contribution in [0.5, 0.6) is 0 Å². The number of para-hydroxylation sites is 1. The summed E-state index contributed by atoms with van der Waals surface area (Å²) in [6.45, 7) is 0. The van der Waals surface area contributed by atoms with Crippen LogP contribution in [0.2, 0.25) is 0 Å². The lowest BCUT2D eigenvalue weighted by Gasteiger charge is -2.10. The van der Waals surface area contributed by atoms with Gasteiger partial charge in [-0.3, -0.25) is 0 Å². The summed E-state index contributed by atoms with van der Waals surface area (Å²) in [4.78, 5) is 15.2. The summed E-state index contributed by atoms with van der Waals surface area (Å²) in [7, 11) is 0. The van der Waals surface area contributed by atoms with Crippen LogP contribution in [0.4, 0.5) is 0 Å². The van der Waals surface area contributed by atoms with Crippen LogP contribution in [0, 0.1) is 11.3 Å². The van der Waals surface area contributed by atoms with Gasteiger partial charge in [-0.25, -0.2) is 15.0 Å². The van der Waals surface area contributed by atoms with Crippen molar-refractivity contribution in [2.24, 2.45) is 0 Å². The molecule has 6 heteroatoms. The Kier molecular flexibility index (Phi) is 7.76. The smallest absolute Gasteiger partial charge is 0.164 e. The Balaban J connectivity index is 1.06. The van der Waals surface area contributed by atoms with Gasteiger partial charge in [0, 0.05) is 38.2 Å². The van der Waals surface area contributed by atoms with Crippen LogP contribution < -0.4 is 0 Å². The molecule has 0 radical (unpaired) electrons. The lowest BCUT2D eigenvalue weighted by Crippen LogP contribution is -2.00. The summed E-state index contributed by atoms with van der Waals surface area (Å²) in [6, 6.07) is 63.5. The van der Waals surface area contributed by atoms with Crippen LogP contribution in [0.1, 0.15) is 5.56 Å². The molecule has 0 aliphatic heterocycles. The third kappa shape index (κ3) is 5.78. The Bertz CT molecular complexity index is 3430. The Morgan fingerprint density at radius 2 is 0.845 bits per heavy atom. The summed E-state index contributed by atoms with van der Waals surface area (Å²) in [5, 5.41) is 13.7. The van der Waals surface area contributed by atoms with Gasteiger partial charge in [-0.1, -0.05) is 121 Å². The van der Waals surface area contributed by atoms with Gasteiger partial charge in [0.1, 0.15) is 22.3 Å². The first-order chi connectivity index (χ1) is 28.6. The highest BCUT2D eigenvalue weighted by molar-refractivity contribution is 6.13. The van der Waals surface area contributed by atoms with Crippen molar-refractivity contribution in [2.45, 2.75) is 0 Å². The lowest BCUT2D eigenvalue weighted by atomic mass is 9.96. The molecule has 0 saturated heterocycles. The maximum absolute atomic E-state index is 9.56. The van der Waals surface area contributed by atoms with E-state index < -0.39 is 0 Å². The molecule has 0 atom stereocenters. The summed E-state index contributed by atoms with van der Waals surface area (Å²) in [6.07, 6.45) is 0. The Hall–Kier alpha value is -8.14. The first kappa shape index (κ1) is 33.2. The molecule has 270 valence electrons. The van der Waals surface area contributed by atoms with Gasteiger partial charge in [0.2, 0.25) is 0 Å². The van der Waals surface area contributed by atoms with Gasteiger partial charge in [0.15, 0.2) is 17.5 Å². The van der Waals surface area contributed by atoms with Crippen molar-refractivity contribution in [2.75, 3.05) is 0 Å². The van der Waals surface area contributed by atoms with Gasteiger partial charge >= 0.3 is 0 Å². The number of fused-ring (bicyclic) bond motifs is 6. The fourth-order valence-electron chi connectivity index (χ4n) is 7.94. The SMILES string of the molecule is N#Cc1cccc(-c2cccc(-c3nc(-c4ccc5c(c4)oc4ccccc45)nc(-c4ccc5c(c4)oc4cccc(-c6cccc(-c7ccccc7)c6)c45)n3)c2)c1. The lowest BCUT2D eigenvalue weighted by molar-refractivity contribution is 0.668. The van der Waals surface area contributed by atoms with E-state index >= 15 is 0 Å². The van der Waals surface area contributed by atoms with Crippen LogP contribution in [0.15, 0.2) is 191 Å². The number of aromatic nitrogens is 3. The second-order valence-electron chi connectivity index (χ2n) is 14.3. The van der Waals surface area contributed by atoms with Crippen LogP contribution >= 0.6 is 0 Å². The van der Waals surface area contributed by atoms with E-state index in [0.717, 1.165) is 88.4 Å². The molecule has 3 aromatic heterocycles. The minimum Gasteiger partial charge on any atom is -0.456 e. The second-order valence-corrected chi connectivity index (χ2v) is 14.3. The fraction of sp³-hybridized carbons (Fsp3) is 0. The van der Waals surface area contributed by atoms with Crippen molar-refractivity contribution in [1.29, 1.82) is 5.26 Å². The molecular formula is C52H30N4O2. The monoisotopic (exact) mass is 742 g/mol. The van der Waals surface area contributed by atoms with E-state index in [4.69, 9.17) is 23.8 Å². The van der Waals surface area contributed by atoms with E-state index in [1.165, 1.54) is 5.56 Å². The van der Waals surface area contributed by atoms with Gasteiger partial charge < -0.3 is 8.83 Å². The topological polar surface area (TPSA) is 88.7 Å². The van der Waals surface area contributed by atoms with Crippen molar-refractivity contribution < 1.29 is 8.83 Å². The summed E-state index contributed by atoms with van der Waals surface area (Å²) >= 11 is 0. The summed E-state index contributed by atoms with van der Waals surface area (Å²) in [5.41, 5.74) is 12.6. The third-order valence-corrected chi connectivity index (χ3v) is 10.8. The first-order valence-electron chi connectivity index (χ1n) is 19.1. The molecule has 8 aromatic carbocycles. The molecule has 0 unspecified atom stereocenters. The van der Waals surface area contributed by atoms with Crippen molar-refractivity contribution >= 4 is 43.9 Å². The number of nitriles is 1. The van der Waals surface area contributed by atoms with Crippen LogP contribution in [0.3, 0.4) is 0 Å². The molecular weight excluding hydrogens is 713 g/mol. The average Bonchev–Trinajstić information content (AvgIpc) is 3.87. The van der Waals surface area contributed by atoms with E-state index in [-0.39, 0.29) is 0 Å². The van der Waals surface area contributed by atoms with Gasteiger partial charge in [-0.05, 0) is 94.0 Å². The maximum atomic E-state index is 9.56. The molecule has 3 heterocycles. The van der Waals surface area contributed by atoms with Gasteiger partial charge in [0.05, 0.1) is 11.6 Å². The van der Waals surface area contributed by atoms with Crippen molar-refractivity contribution in [3.8, 4) is 73.6 Å². The zero-order valence-electron chi connectivity index (χ0n) is 30.9. The quantitative estimate of drug-likeness (QED) is 0.168. The van der Waals surface area contributed by atoms with E-state index in [1.54, 1.807) is 6.07 Å². The number of benzene rings is 8. The van der Waals surface area contributed by atoms with Gasteiger partial charge in [-0.2, -0.15) is 5.26 Å². The third-order valence-electron chi connectivity index (χ3n) is 10.8. The summed E-state index contributed by atoms with van der Waals surface area (Å²) in [5.74, 6) is 1.55. The van der Waals surface area contributed by atoms with E-state index in [2.05, 4.69) is 91.0 Å². The predicted octanol–water partition coefficient (Wildman–Crippen LogP) is 13.5. The number of rotatable bonds is 6. The molecule has 0 N–H and O–H groups in total. The Morgan fingerprint density at radius 3 is 1.60 bits per heavy atom. The Morgan fingerprint density at radius 1 is 0.345 bits per heavy atom. The van der Waals surface area contributed by atoms with Crippen LogP contribution in [-0.4, -0.2) is 15.0 Å². The second kappa shape index (κ2) is 13.6. The largest absolute Gasteiger partial charge is 0.456 e. The van der Waals surface area contributed by atoms with Crippen LogP contribution in [0.25, 0.3) is 111 Å². The van der Waals surface area contributed by atoms with Gasteiger partial charge in [0.25, 0.3) is 0 Å². The molecule has 0 fully saturated rings. The Labute approximate surface area is 333 Å². The minimum absolute atomic E-state index is 0.514. The van der Waals surface area contributed by atoms with Gasteiger partial charge in [-0.15, -0.1) is 0 Å². The molecule has 0 spiro atoms. The zero-order valence-corrected chi connectivity index (χ0v) is 30.9. The molecule has 0 aliphatic carbocycles. The number of hydrogen-bond acceptors (Lipinski definition) is 6. The minimum atomic E-state index is 0.514. The molecule has 11 rings (SSSR count). The highest BCUT2D eigenvalue weighted by Gasteiger charge is 2.18. The van der Waals surface area contributed by atoms with Crippen molar-refractivity contribution in [1.82, 2.24) is 15.0 Å². The molecule has 0 bridgehead atoms. The van der Waals surface area contributed by atoms with Crippen molar-refractivity contribution in [3.63, 3.8) is 0 Å². The average molecular weight is 743 g/mol. The number of nitrogens with zero attached hydrogens (tertiary/aromatic N) is 4. The standard InChI is InChI=1S/C52H30N4O2/c53-31-32-10-6-13-34(26-32)36-15-8-17-38(28-36)50-54-51(39-22-24-43-42-18-4-5-20-45(42)57-47(43)29-39)56-52(55-50)40-23-25-44-48(30-40)58-46-21-9-19-41(49(44)46)37-16-7-14-35(27-37)33-11-2-1-3-12-33/h1-30H.